The molecule has 1 aromatic heterocycles. The maximum absolute atomic E-state index is 13.0. The van der Waals surface area contributed by atoms with Gasteiger partial charge in [0, 0.05) is 19.0 Å². The van der Waals surface area contributed by atoms with Crippen molar-refractivity contribution in [2.75, 3.05) is 13.4 Å². The molecule has 1 N–H and O–H groups in total. The van der Waals surface area contributed by atoms with Gasteiger partial charge in [-0.25, -0.2) is 9.37 Å². The molecule has 0 spiro atoms. The first kappa shape index (κ1) is 22.6. The van der Waals surface area contributed by atoms with Crippen molar-refractivity contribution in [2.45, 2.75) is 18.3 Å². The van der Waals surface area contributed by atoms with Crippen LogP contribution in [0.2, 0.25) is 5.02 Å². The van der Waals surface area contributed by atoms with Gasteiger partial charge in [-0.05, 0) is 35.4 Å². The Balaban J connectivity index is 1.78. The van der Waals surface area contributed by atoms with E-state index >= 15 is 0 Å². The molecular weight excluding hydrogens is 445 g/mol. The van der Waals surface area contributed by atoms with Gasteiger partial charge in [-0.1, -0.05) is 29.8 Å². The zero-order valence-electron chi connectivity index (χ0n) is 16.7. The highest BCUT2D eigenvalue weighted by Gasteiger charge is 2.18. The van der Waals surface area contributed by atoms with E-state index in [1.807, 2.05) is 0 Å². The number of amides is 1. The molecule has 0 aliphatic carbocycles. The highest BCUT2D eigenvalue weighted by atomic mass is 35.5. The van der Waals surface area contributed by atoms with E-state index in [-0.39, 0.29) is 35.6 Å². The van der Waals surface area contributed by atoms with Crippen LogP contribution in [0.4, 0.5) is 4.39 Å². The minimum Gasteiger partial charge on any atom is -0.495 e. The average molecular weight is 464 g/mol. The van der Waals surface area contributed by atoms with Crippen LogP contribution in [0.1, 0.15) is 21.5 Å². The minimum atomic E-state index is -1.46. The number of carbonyl (C=O) groups excluding carboxylic acids is 1. The van der Waals surface area contributed by atoms with Gasteiger partial charge in [0.15, 0.2) is 0 Å². The van der Waals surface area contributed by atoms with Gasteiger partial charge in [0.05, 0.1) is 22.9 Å². The van der Waals surface area contributed by atoms with Gasteiger partial charge in [0.1, 0.15) is 23.7 Å². The second-order valence-corrected chi connectivity index (χ2v) is 8.07. The standard InChI is InChI=1S/C21H19ClFN3O4S/c1-29-18-8-5-14(9-17(18)22)12-30-20-16(11-25-21(26-20)31(2)28)19(27)24-10-13-3-6-15(23)7-4-13/h3-9,11H,10,12H2,1-2H3,(H,24,27). The Morgan fingerprint density at radius 2 is 1.90 bits per heavy atom. The number of halogens is 2. The Bertz CT molecular complexity index is 1110. The van der Waals surface area contributed by atoms with Crippen molar-refractivity contribution in [2.24, 2.45) is 0 Å². The Hall–Kier alpha value is -3.04. The third-order valence-electron chi connectivity index (χ3n) is 4.19. The molecule has 0 saturated carbocycles. The van der Waals surface area contributed by atoms with Crippen LogP contribution in [-0.2, 0) is 24.0 Å². The molecule has 2 aromatic carbocycles. The number of carbonyl (C=O) groups is 1. The Morgan fingerprint density at radius 3 is 2.55 bits per heavy atom. The van der Waals surface area contributed by atoms with E-state index in [2.05, 4.69) is 15.3 Å². The molecule has 0 bridgehead atoms. The fourth-order valence-electron chi connectivity index (χ4n) is 2.59. The van der Waals surface area contributed by atoms with Crippen LogP contribution in [0.3, 0.4) is 0 Å². The van der Waals surface area contributed by atoms with Crippen molar-refractivity contribution in [1.29, 1.82) is 0 Å². The van der Waals surface area contributed by atoms with Gasteiger partial charge in [-0.15, -0.1) is 0 Å². The van der Waals surface area contributed by atoms with Gasteiger partial charge in [-0.2, -0.15) is 4.98 Å². The highest BCUT2D eigenvalue weighted by Crippen LogP contribution is 2.26. The molecule has 1 amide bonds. The van der Waals surface area contributed by atoms with Crippen LogP contribution in [-0.4, -0.2) is 33.4 Å². The summed E-state index contributed by atoms with van der Waals surface area (Å²) in [7, 11) is 0.0558. The largest absolute Gasteiger partial charge is 0.495 e. The number of ether oxygens (including phenoxy) is 2. The molecule has 1 unspecified atom stereocenters. The summed E-state index contributed by atoms with van der Waals surface area (Å²) in [5.41, 5.74) is 1.52. The van der Waals surface area contributed by atoms with E-state index in [1.165, 1.54) is 31.7 Å². The van der Waals surface area contributed by atoms with Crippen molar-refractivity contribution >= 4 is 28.3 Å². The molecular formula is C21H19ClFN3O4S. The summed E-state index contributed by atoms with van der Waals surface area (Å²) in [5, 5.41) is 3.17. The first-order valence-corrected chi connectivity index (χ1v) is 11.0. The number of aromatic nitrogens is 2. The zero-order chi connectivity index (χ0) is 22.4. The smallest absolute Gasteiger partial charge is 0.258 e. The number of hydrogen-bond donors (Lipinski definition) is 1. The van der Waals surface area contributed by atoms with Crippen LogP contribution in [0.25, 0.3) is 0 Å². The van der Waals surface area contributed by atoms with Gasteiger partial charge < -0.3 is 14.8 Å². The van der Waals surface area contributed by atoms with E-state index in [9.17, 15) is 13.4 Å². The lowest BCUT2D eigenvalue weighted by atomic mass is 10.2. The normalized spacial score (nSPS) is 11.6. The van der Waals surface area contributed by atoms with Crippen LogP contribution >= 0.6 is 11.6 Å². The minimum absolute atomic E-state index is 0.0104. The van der Waals surface area contributed by atoms with E-state index in [0.29, 0.717) is 10.8 Å². The van der Waals surface area contributed by atoms with Crippen LogP contribution < -0.4 is 14.8 Å². The first-order chi connectivity index (χ1) is 14.9. The molecule has 1 heterocycles. The third-order valence-corrected chi connectivity index (χ3v) is 5.20. The van der Waals surface area contributed by atoms with Crippen molar-refractivity contribution in [3.63, 3.8) is 0 Å². The number of nitrogens with one attached hydrogen (secondary N) is 1. The molecule has 0 aliphatic heterocycles. The molecule has 31 heavy (non-hydrogen) atoms. The van der Waals surface area contributed by atoms with Crippen molar-refractivity contribution in [3.05, 3.63) is 76.2 Å². The van der Waals surface area contributed by atoms with Gasteiger partial charge in [0.2, 0.25) is 11.0 Å². The summed E-state index contributed by atoms with van der Waals surface area (Å²) in [5.74, 6) is -0.331. The predicted molar refractivity (Wildman–Crippen MR) is 114 cm³/mol. The Morgan fingerprint density at radius 1 is 1.19 bits per heavy atom. The topological polar surface area (TPSA) is 90.4 Å². The van der Waals surface area contributed by atoms with E-state index in [1.54, 1.807) is 30.3 Å². The fraction of sp³-hybridized carbons (Fsp3) is 0.190. The van der Waals surface area contributed by atoms with Crippen LogP contribution in [0.15, 0.2) is 53.8 Å². The summed E-state index contributed by atoms with van der Waals surface area (Å²) in [6, 6.07) is 10.9. The first-order valence-electron chi connectivity index (χ1n) is 9.05. The molecule has 7 nitrogen and oxygen atoms in total. The summed E-state index contributed by atoms with van der Waals surface area (Å²) in [6.45, 7) is 0.239. The molecule has 10 heteroatoms. The third kappa shape index (κ3) is 5.99. The molecule has 3 rings (SSSR count). The van der Waals surface area contributed by atoms with Crippen molar-refractivity contribution in [3.8, 4) is 11.6 Å². The Labute approximate surface area is 186 Å². The SMILES string of the molecule is COc1ccc(COc2nc(S(C)=O)ncc2C(=O)NCc2ccc(F)cc2)cc1Cl. The maximum atomic E-state index is 13.0. The van der Waals surface area contributed by atoms with Crippen LogP contribution in [0, 0.1) is 5.82 Å². The number of hydrogen-bond acceptors (Lipinski definition) is 6. The molecule has 162 valence electrons. The maximum Gasteiger partial charge on any atom is 0.258 e. The number of benzene rings is 2. The van der Waals surface area contributed by atoms with Crippen molar-refractivity contribution < 1.29 is 22.9 Å². The second-order valence-electron chi connectivity index (χ2n) is 6.39. The molecule has 3 aromatic rings. The lowest BCUT2D eigenvalue weighted by Crippen LogP contribution is -2.24. The number of rotatable bonds is 8. The summed E-state index contributed by atoms with van der Waals surface area (Å²) in [6.07, 6.45) is 2.69. The summed E-state index contributed by atoms with van der Waals surface area (Å²) in [4.78, 5) is 20.8. The highest BCUT2D eigenvalue weighted by molar-refractivity contribution is 7.84. The quantitative estimate of drug-likeness (QED) is 0.514. The monoisotopic (exact) mass is 463 g/mol. The van der Waals surface area contributed by atoms with Gasteiger partial charge in [0.25, 0.3) is 5.91 Å². The van der Waals surface area contributed by atoms with Gasteiger partial charge >= 0.3 is 0 Å². The summed E-state index contributed by atoms with van der Waals surface area (Å²) < 4.78 is 35.7. The van der Waals surface area contributed by atoms with E-state index in [0.717, 1.165) is 11.1 Å². The molecule has 1 atom stereocenters. The number of methoxy groups -OCH3 is 1. The average Bonchev–Trinajstić information content (AvgIpc) is 2.77. The summed E-state index contributed by atoms with van der Waals surface area (Å²) >= 11 is 6.14. The molecule has 0 fully saturated rings. The van der Waals surface area contributed by atoms with E-state index < -0.39 is 16.7 Å². The second kappa shape index (κ2) is 10.3. The fourth-order valence-corrected chi connectivity index (χ4v) is 3.28. The zero-order valence-corrected chi connectivity index (χ0v) is 18.3. The van der Waals surface area contributed by atoms with Gasteiger partial charge in [-0.3, -0.25) is 9.00 Å². The van der Waals surface area contributed by atoms with E-state index in [4.69, 9.17) is 21.1 Å². The lowest BCUT2D eigenvalue weighted by molar-refractivity contribution is 0.0944. The number of nitrogens with zero attached hydrogens (tertiary/aromatic N) is 2. The van der Waals surface area contributed by atoms with Crippen LogP contribution in [0.5, 0.6) is 11.6 Å². The molecule has 0 aliphatic rings. The lowest BCUT2D eigenvalue weighted by Gasteiger charge is -2.12. The Kier molecular flexibility index (Phi) is 7.54. The molecule has 0 radical (unpaired) electrons. The predicted octanol–water partition coefficient (Wildman–Crippen LogP) is 3.52. The molecule has 0 saturated heterocycles. The van der Waals surface area contributed by atoms with Crippen molar-refractivity contribution in [1.82, 2.24) is 15.3 Å².